The summed E-state index contributed by atoms with van der Waals surface area (Å²) in [5.41, 5.74) is 0.462. The van der Waals surface area contributed by atoms with Crippen molar-refractivity contribution < 1.29 is 14.3 Å². The van der Waals surface area contributed by atoms with Gasteiger partial charge in [-0.1, -0.05) is 30.3 Å². The van der Waals surface area contributed by atoms with Crippen molar-refractivity contribution in [1.82, 2.24) is 15.6 Å². The fraction of sp³-hybridized carbons (Fsp3) is 0.316. The molecule has 0 bridgehead atoms. The van der Waals surface area contributed by atoms with E-state index in [0.29, 0.717) is 5.69 Å². The number of carbonyl (C=O) groups is 2. The molecule has 7 heteroatoms. The van der Waals surface area contributed by atoms with Gasteiger partial charge in [0.1, 0.15) is 11.2 Å². The molecule has 1 heterocycles. The molecule has 0 aliphatic heterocycles. The molecule has 138 valence electrons. The van der Waals surface area contributed by atoms with E-state index in [1.54, 1.807) is 26.8 Å². The maximum absolute atomic E-state index is 12.1. The van der Waals surface area contributed by atoms with Gasteiger partial charge in [-0.25, -0.2) is 4.79 Å². The van der Waals surface area contributed by atoms with Crippen molar-refractivity contribution in [2.75, 3.05) is 13.1 Å². The molecule has 1 aromatic carbocycles. The Morgan fingerprint density at radius 1 is 1.00 bits per heavy atom. The van der Waals surface area contributed by atoms with Crippen LogP contribution in [0.3, 0.4) is 0 Å². The molecule has 26 heavy (non-hydrogen) atoms. The molecule has 3 N–H and O–H groups in total. The maximum atomic E-state index is 12.1. The van der Waals surface area contributed by atoms with Crippen LogP contribution in [0.4, 0.5) is 4.79 Å². The van der Waals surface area contributed by atoms with Crippen molar-refractivity contribution >= 4 is 12.0 Å². The highest BCUT2D eigenvalue weighted by Gasteiger charge is 2.16. The largest absolute Gasteiger partial charge is 0.444 e. The molecule has 2 rings (SSSR count). The molecule has 0 saturated heterocycles. The van der Waals surface area contributed by atoms with Crippen molar-refractivity contribution in [3.05, 3.63) is 58.4 Å². The number of aromatic amines is 1. The average Bonchev–Trinajstić information content (AvgIpc) is 2.57. The molecule has 0 saturated carbocycles. The number of nitrogens with one attached hydrogen (secondary N) is 3. The van der Waals surface area contributed by atoms with Crippen LogP contribution in [-0.2, 0) is 4.74 Å². The Labute approximate surface area is 151 Å². The van der Waals surface area contributed by atoms with Gasteiger partial charge in [0.05, 0.1) is 0 Å². The van der Waals surface area contributed by atoms with E-state index < -0.39 is 23.2 Å². The first-order valence-corrected chi connectivity index (χ1v) is 8.30. The molecule has 0 aliphatic rings. The zero-order valence-electron chi connectivity index (χ0n) is 15.1. The smallest absolute Gasteiger partial charge is 0.407 e. The molecule has 7 nitrogen and oxygen atoms in total. The first kappa shape index (κ1) is 19.2. The number of hydrogen-bond acceptors (Lipinski definition) is 4. The minimum absolute atomic E-state index is 0.0157. The zero-order chi connectivity index (χ0) is 19.2. The molecule has 0 radical (unpaired) electrons. The summed E-state index contributed by atoms with van der Waals surface area (Å²) in [7, 11) is 0. The summed E-state index contributed by atoms with van der Waals surface area (Å²) in [6.45, 7) is 5.66. The quantitative estimate of drug-likeness (QED) is 0.715. The van der Waals surface area contributed by atoms with Gasteiger partial charge in [0.25, 0.3) is 11.5 Å². The molecular formula is C19H23N3O4. The molecule has 1 aromatic heterocycles. The third kappa shape index (κ3) is 5.77. The lowest BCUT2D eigenvalue weighted by atomic mass is 10.1. The fourth-order valence-corrected chi connectivity index (χ4v) is 2.19. The fourth-order valence-electron chi connectivity index (χ4n) is 2.19. The van der Waals surface area contributed by atoms with Gasteiger partial charge in [-0.2, -0.15) is 0 Å². The van der Waals surface area contributed by atoms with E-state index in [1.165, 1.54) is 6.07 Å². The van der Waals surface area contributed by atoms with Crippen LogP contribution in [0.25, 0.3) is 11.3 Å². The lowest BCUT2D eigenvalue weighted by Crippen LogP contribution is -2.38. The minimum atomic E-state index is -0.582. The van der Waals surface area contributed by atoms with Crippen molar-refractivity contribution in [1.29, 1.82) is 0 Å². The minimum Gasteiger partial charge on any atom is -0.444 e. The van der Waals surface area contributed by atoms with Crippen molar-refractivity contribution in [3.8, 4) is 11.3 Å². The van der Waals surface area contributed by atoms with Gasteiger partial charge in [0, 0.05) is 18.8 Å². The first-order chi connectivity index (χ1) is 12.3. The number of rotatable bonds is 5. The predicted molar refractivity (Wildman–Crippen MR) is 99.1 cm³/mol. The lowest BCUT2D eigenvalue weighted by Gasteiger charge is -2.19. The lowest BCUT2D eigenvalue weighted by molar-refractivity contribution is 0.0526. The second kappa shape index (κ2) is 8.33. The van der Waals surface area contributed by atoms with Gasteiger partial charge in [-0.3, -0.25) is 9.59 Å². The van der Waals surface area contributed by atoms with Gasteiger partial charge in [0.15, 0.2) is 0 Å². The van der Waals surface area contributed by atoms with E-state index in [2.05, 4.69) is 15.6 Å². The number of H-pyrrole nitrogens is 1. The van der Waals surface area contributed by atoms with Crippen LogP contribution >= 0.6 is 0 Å². The number of hydrogen-bond donors (Lipinski definition) is 3. The molecular weight excluding hydrogens is 334 g/mol. The monoisotopic (exact) mass is 357 g/mol. The number of benzene rings is 1. The SMILES string of the molecule is CC(C)(C)OC(=O)NCCNC(=O)c1ccc(-c2ccccc2)[nH]c1=O. The zero-order valence-corrected chi connectivity index (χ0v) is 15.1. The van der Waals surface area contributed by atoms with Crippen molar-refractivity contribution in [2.24, 2.45) is 0 Å². The predicted octanol–water partition coefficient (Wildman–Crippen LogP) is 2.30. The molecule has 0 unspecified atom stereocenters. The van der Waals surface area contributed by atoms with Crippen LogP contribution in [0.2, 0.25) is 0 Å². The Bertz CT molecular complexity index is 823. The summed E-state index contributed by atoms with van der Waals surface area (Å²) < 4.78 is 5.09. The second-order valence-electron chi connectivity index (χ2n) is 6.67. The summed E-state index contributed by atoms with van der Waals surface area (Å²) >= 11 is 0. The highest BCUT2D eigenvalue weighted by molar-refractivity contribution is 5.94. The molecule has 0 atom stereocenters. The average molecular weight is 357 g/mol. The van der Waals surface area contributed by atoms with E-state index >= 15 is 0 Å². The number of alkyl carbamates (subject to hydrolysis) is 1. The Kier molecular flexibility index (Phi) is 6.16. The van der Waals surface area contributed by atoms with E-state index in [4.69, 9.17) is 4.74 Å². The van der Waals surface area contributed by atoms with E-state index in [1.807, 2.05) is 30.3 Å². The van der Waals surface area contributed by atoms with E-state index in [0.717, 1.165) is 5.56 Å². The van der Waals surface area contributed by atoms with Gasteiger partial charge >= 0.3 is 6.09 Å². The van der Waals surface area contributed by atoms with Crippen LogP contribution in [0.5, 0.6) is 0 Å². The van der Waals surface area contributed by atoms with Gasteiger partial charge in [0.2, 0.25) is 0 Å². The van der Waals surface area contributed by atoms with E-state index in [-0.39, 0.29) is 18.7 Å². The Hall–Kier alpha value is -3.09. The van der Waals surface area contributed by atoms with Gasteiger partial charge < -0.3 is 20.4 Å². The number of aromatic nitrogens is 1. The van der Waals surface area contributed by atoms with Crippen LogP contribution in [0.15, 0.2) is 47.3 Å². The topological polar surface area (TPSA) is 100 Å². The number of ether oxygens (including phenoxy) is 1. The second-order valence-corrected chi connectivity index (χ2v) is 6.67. The number of amides is 2. The summed E-state index contributed by atoms with van der Waals surface area (Å²) in [6.07, 6.45) is -0.559. The van der Waals surface area contributed by atoms with Crippen molar-refractivity contribution in [3.63, 3.8) is 0 Å². The Balaban J connectivity index is 1.88. The molecule has 0 aliphatic carbocycles. The first-order valence-electron chi connectivity index (χ1n) is 8.30. The Morgan fingerprint density at radius 3 is 2.27 bits per heavy atom. The Morgan fingerprint density at radius 2 is 1.65 bits per heavy atom. The molecule has 0 spiro atoms. The van der Waals surface area contributed by atoms with Gasteiger partial charge in [-0.15, -0.1) is 0 Å². The standard InChI is InChI=1S/C19H23N3O4/c1-19(2,3)26-18(25)21-12-11-20-16(23)14-9-10-15(22-17(14)24)13-7-5-4-6-8-13/h4-10H,11-12H2,1-3H3,(H,20,23)(H,21,25)(H,22,24). The number of carbonyl (C=O) groups excluding carboxylic acids is 2. The van der Waals surface area contributed by atoms with Crippen molar-refractivity contribution in [2.45, 2.75) is 26.4 Å². The van der Waals surface area contributed by atoms with Crippen LogP contribution in [0, 0.1) is 0 Å². The number of pyridine rings is 1. The normalized spacial score (nSPS) is 10.9. The highest BCUT2D eigenvalue weighted by Crippen LogP contribution is 2.14. The van der Waals surface area contributed by atoms with Crippen LogP contribution in [-0.4, -0.2) is 35.7 Å². The molecule has 2 amide bonds. The highest BCUT2D eigenvalue weighted by atomic mass is 16.6. The summed E-state index contributed by atoms with van der Waals surface area (Å²) in [5.74, 6) is -0.503. The third-order valence-corrected chi connectivity index (χ3v) is 3.32. The summed E-state index contributed by atoms with van der Waals surface area (Å²) in [5, 5.41) is 5.12. The molecule has 0 fully saturated rings. The summed E-state index contributed by atoms with van der Waals surface area (Å²) in [4.78, 5) is 38.5. The van der Waals surface area contributed by atoms with Gasteiger partial charge in [-0.05, 0) is 38.5 Å². The van der Waals surface area contributed by atoms with Crippen LogP contribution < -0.4 is 16.2 Å². The van der Waals surface area contributed by atoms with Crippen LogP contribution in [0.1, 0.15) is 31.1 Å². The molecule has 2 aromatic rings. The third-order valence-electron chi connectivity index (χ3n) is 3.32. The summed E-state index contributed by atoms with van der Waals surface area (Å²) in [6, 6.07) is 12.5. The van der Waals surface area contributed by atoms with E-state index in [9.17, 15) is 14.4 Å². The maximum Gasteiger partial charge on any atom is 0.407 e.